The zero-order valence-corrected chi connectivity index (χ0v) is 17.0. The van der Waals surface area contributed by atoms with Crippen molar-refractivity contribution in [3.05, 3.63) is 29.8 Å². The summed E-state index contributed by atoms with van der Waals surface area (Å²) in [6.45, 7) is 6.69. The Balaban J connectivity index is 1.61. The van der Waals surface area contributed by atoms with Crippen molar-refractivity contribution in [2.75, 3.05) is 26.3 Å². The van der Waals surface area contributed by atoms with Gasteiger partial charge in [0.25, 0.3) is 5.91 Å². The van der Waals surface area contributed by atoms with E-state index >= 15 is 0 Å². The normalized spacial score (nSPS) is 24.2. The number of ether oxygens (including phenoxy) is 1. The van der Waals surface area contributed by atoms with E-state index in [0.717, 1.165) is 25.7 Å². The Bertz CT molecular complexity index is 732. The molecule has 6 nitrogen and oxygen atoms in total. The molecule has 1 saturated heterocycles. The Morgan fingerprint density at radius 1 is 1.07 bits per heavy atom. The number of hydrogen-bond donors (Lipinski definition) is 1. The standard InChI is InChI=1S/C20H30N2O4S/c1-15(2)16-3-7-18(8-4-16)21-27(24,25)19-9-5-17(6-10-19)20(23)22-11-13-26-14-12-22/h5-6,9-10,15-16,18,21H,3-4,7-8,11-14H2,1-2H3. The van der Waals surface area contributed by atoms with Crippen LogP contribution in [0.1, 0.15) is 49.9 Å². The summed E-state index contributed by atoms with van der Waals surface area (Å²) in [5.41, 5.74) is 0.508. The molecule has 27 heavy (non-hydrogen) atoms. The molecule has 0 unspecified atom stereocenters. The second-order valence-corrected chi connectivity index (χ2v) is 9.62. The number of nitrogens with zero attached hydrogens (tertiary/aromatic N) is 1. The average Bonchev–Trinajstić information content (AvgIpc) is 2.68. The van der Waals surface area contributed by atoms with Crippen LogP contribution in [0.2, 0.25) is 0 Å². The van der Waals surface area contributed by atoms with Gasteiger partial charge in [-0.2, -0.15) is 0 Å². The molecule has 7 heteroatoms. The highest BCUT2D eigenvalue weighted by Gasteiger charge is 2.27. The van der Waals surface area contributed by atoms with Gasteiger partial charge in [0.2, 0.25) is 10.0 Å². The molecule has 2 aliphatic rings. The molecule has 3 rings (SSSR count). The van der Waals surface area contributed by atoms with Crippen LogP contribution in [0.25, 0.3) is 0 Å². The Kier molecular flexibility index (Phi) is 6.55. The van der Waals surface area contributed by atoms with Crippen LogP contribution >= 0.6 is 0 Å². The molecule has 1 aliphatic heterocycles. The van der Waals surface area contributed by atoms with Gasteiger partial charge in [0.05, 0.1) is 18.1 Å². The maximum absolute atomic E-state index is 12.7. The summed E-state index contributed by atoms with van der Waals surface area (Å²) in [5.74, 6) is 1.26. The largest absolute Gasteiger partial charge is 0.378 e. The van der Waals surface area contributed by atoms with Crippen molar-refractivity contribution in [1.29, 1.82) is 0 Å². The van der Waals surface area contributed by atoms with Crippen LogP contribution in [0.15, 0.2) is 29.2 Å². The molecule has 1 heterocycles. The molecule has 0 aromatic heterocycles. The highest BCUT2D eigenvalue weighted by Crippen LogP contribution is 2.30. The molecule has 1 aromatic carbocycles. The van der Waals surface area contributed by atoms with Gasteiger partial charge in [-0.1, -0.05) is 13.8 Å². The molecular formula is C20H30N2O4S. The van der Waals surface area contributed by atoms with Gasteiger partial charge in [-0.15, -0.1) is 0 Å². The van der Waals surface area contributed by atoms with Gasteiger partial charge < -0.3 is 9.64 Å². The molecule has 0 bridgehead atoms. The van der Waals surface area contributed by atoms with Crippen molar-refractivity contribution in [3.63, 3.8) is 0 Å². The molecule has 0 spiro atoms. The second kappa shape index (κ2) is 8.71. The smallest absolute Gasteiger partial charge is 0.254 e. The highest BCUT2D eigenvalue weighted by atomic mass is 32.2. The predicted molar refractivity (Wildman–Crippen MR) is 104 cm³/mol. The highest BCUT2D eigenvalue weighted by molar-refractivity contribution is 7.89. The van der Waals surface area contributed by atoms with Crippen molar-refractivity contribution in [3.8, 4) is 0 Å². The number of rotatable bonds is 5. The lowest BCUT2D eigenvalue weighted by Gasteiger charge is -2.31. The maximum Gasteiger partial charge on any atom is 0.254 e. The summed E-state index contributed by atoms with van der Waals surface area (Å²) < 4.78 is 33.5. The fraction of sp³-hybridized carbons (Fsp3) is 0.650. The minimum absolute atomic E-state index is 0.000316. The first-order valence-corrected chi connectivity index (χ1v) is 11.3. The number of benzene rings is 1. The van der Waals surface area contributed by atoms with E-state index in [9.17, 15) is 13.2 Å². The molecule has 2 fully saturated rings. The Morgan fingerprint density at radius 2 is 1.67 bits per heavy atom. The van der Waals surface area contributed by atoms with Gasteiger partial charge in [0, 0.05) is 24.7 Å². The van der Waals surface area contributed by atoms with Crippen molar-refractivity contribution >= 4 is 15.9 Å². The van der Waals surface area contributed by atoms with Crippen LogP contribution in [0.5, 0.6) is 0 Å². The molecule has 0 atom stereocenters. The minimum atomic E-state index is -3.56. The lowest BCUT2D eigenvalue weighted by atomic mass is 9.80. The number of amides is 1. The van der Waals surface area contributed by atoms with Crippen molar-refractivity contribution in [2.24, 2.45) is 11.8 Å². The lowest BCUT2D eigenvalue weighted by molar-refractivity contribution is 0.0303. The average molecular weight is 395 g/mol. The summed E-state index contributed by atoms with van der Waals surface area (Å²) >= 11 is 0. The van der Waals surface area contributed by atoms with Crippen molar-refractivity contribution in [1.82, 2.24) is 9.62 Å². The molecule has 1 N–H and O–H groups in total. The van der Waals surface area contributed by atoms with Crippen LogP contribution in [0.4, 0.5) is 0 Å². The van der Waals surface area contributed by atoms with E-state index in [1.54, 1.807) is 17.0 Å². The first-order chi connectivity index (χ1) is 12.9. The summed E-state index contributed by atoms with van der Waals surface area (Å²) in [6.07, 6.45) is 3.90. The summed E-state index contributed by atoms with van der Waals surface area (Å²) in [7, 11) is -3.56. The van der Waals surface area contributed by atoms with E-state index < -0.39 is 10.0 Å². The molecule has 1 aliphatic carbocycles. The van der Waals surface area contributed by atoms with E-state index in [4.69, 9.17) is 4.74 Å². The Morgan fingerprint density at radius 3 is 2.22 bits per heavy atom. The zero-order chi connectivity index (χ0) is 19.4. The van der Waals surface area contributed by atoms with Crippen LogP contribution in [0, 0.1) is 11.8 Å². The first-order valence-electron chi connectivity index (χ1n) is 9.86. The fourth-order valence-corrected chi connectivity index (χ4v) is 5.22. The van der Waals surface area contributed by atoms with Gasteiger partial charge in [0.1, 0.15) is 0 Å². The number of carbonyl (C=O) groups excluding carboxylic acids is 1. The van der Waals surface area contributed by atoms with E-state index in [-0.39, 0.29) is 16.8 Å². The first kappa shape index (κ1) is 20.3. The molecule has 1 amide bonds. The third kappa shape index (κ3) is 5.09. The topological polar surface area (TPSA) is 75.7 Å². The number of carbonyl (C=O) groups is 1. The summed E-state index contributed by atoms with van der Waals surface area (Å²) in [5, 5.41) is 0. The lowest BCUT2D eigenvalue weighted by Crippen LogP contribution is -2.40. The van der Waals surface area contributed by atoms with Gasteiger partial charge in [-0.25, -0.2) is 13.1 Å². The Labute approximate surface area is 162 Å². The predicted octanol–water partition coefficient (Wildman–Crippen LogP) is 2.65. The number of nitrogens with one attached hydrogen (secondary N) is 1. The summed E-state index contributed by atoms with van der Waals surface area (Å²) in [6, 6.07) is 6.25. The van der Waals surface area contributed by atoms with E-state index in [1.807, 2.05) is 0 Å². The van der Waals surface area contributed by atoms with Crippen LogP contribution < -0.4 is 4.72 Å². The third-order valence-electron chi connectivity index (χ3n) is 5.75. The van der Waals surface area contributed by atoms with Crippen molar-refractivity contribution < 1.29 is 17.9 Å². The number of sulfonamides is 1. The molecule has 150 valence electrons. The molecule has 1 aromatic rings. The van der Waals surface area contributed by atoms with Gasteiger partial charge in [-0.3, -0.25) is 4.79 Å². The fourth-order valence-electron chi connectivity index (χ4n) is 3.92. The molecule has 1 saturated carbocycles. The summed E-state index contributed by atoms with van der Waals surface area (Å²) in [4.78, 5) is 14.4. The number of morpholine rings is 1. The van der Waals surface area contributed by atoms with Crippen LogP contribution in [-0.4, -0.2) is 51.6 Å². The Hall–Kier alpha value is -1.44. The minimum Gasteiger partial charge on any atom is -0.378 e. The molecular weight excluding hydrogens is 364 g/mol. The monoisotopic (exact) mass is 394 g/mol. The second-order valence-electron chi connectivity index (χ2n) is 7.91. The zero-order valence-electron chi connectivity index (χ0n) is 16.2. The SMILES string of the molecule is CC(C)C1CCC(NS(=O)(=O)c2ccc(C(=O)N3CCOCC3)cc2)CC1. The van der Waals surface area contributed by atoms with E-state index in [2.05, 4.69) is 18.6 Å². The maximum atomic E-state index is 12.7. The van der Waals surface area contributed by atoms with E-state index in [1.165, 1.54) is 12.1 Å². The molecule has 0 radical (unpaired) electrons. The van der Waals surface area contributed by atoms with E-state index in [0.29, 0.717) is 43.7 Å². The van der Waals surface area contributed by atoms with Crippen LogP contribution in [-0.2, 0) is 14.8 Å². The van der Waals surface area contributed by atoms with Gasteiger partial charge in [-0.05, 0) is 61.8 Å². The third-order valence-corrected chi connectivity index (χ3v) is 7.28. The van der Waals surface area contributed by atoms with Gasteiger partial charge >= 0.3 is 0 Å². The quantitative estimate of drug-likeness (QED) is 0.833. The van der Waals surface area contributed by atoms with Gasteiger partial charge in [0.15, 0.2) is 0 Å². The van der Waals surface area contributed by atoms with Crippen LogP contribution in [0.3, 0.4) is 0 Å². The number of hydrogen-bond acceptors (Lipinski definition) is 4. The van der Waals surface area contributed by atoms with Crippen molar-refractivity contribution in [2.45, 2.75) is 50.5 Å².